The van der Waals surface area contributed by atoms with Crippen molar-refractivity contribution >= 4 is 5.78 Å². The molecule has 5 aliphatic rings. The Morgan fingerprint density at radius 2 is 1.83 bits per heavy atom. The first-order chi connectivity index (χ1) is 11.5. The van der Waals surface area contributed by atoms with Gasteiger partial charge < -0.3 is 9.47 Å². The molecule has 24 heavy (non-hydrogen) atoms. The number of fused-ring (bicyclic) bond motifs is 5. The quantitative estimate of drug-likeness (QED) is 0.669. The number of hydrogen-bond acceptors (Lipinski definition) is 3. The van der Waals surface area contributed by atoms with Crippen LogP contribution in [0.25, 0.3) is 0 Å². The largest absolute Gasteiger partial charge is 0.376 e. The third-order valence-electron chi connectivity index (χ3n) is 9.25. The molecule has 3 nitrogen and oxygen atoms in total. The lowest BCUT2D eigenvalue weighted by Crippen LogP contribution is -2.63. The van der Waals surface area contributed by atoms with Gasteiger partial charge in [-0.25, -0.2) is 0 Å². The molecule has 134 valence electrons. The van der Waals surface area contributed by atoms with Gasteiger partial charge in [0, 0.05) is 18.3 Å². The standard InChI is InChI=1S/C21H32O3/c1-19-8-7-17-15(16(19)3-4-18(19)22)6-10-21-13-14(23-11-12-24-21)5-9-20(17,21)2/h14-17H,3-13H2,1-2H3/t14?,15-,16-,17-,19-,20+,21-/m0/s1. The van der Waals surface area contributed by atoms with Gasteiger partial charge in [0.15, 0.2) is 0 Å². The molecule has 0 N–H and O–H groups in total. The molecule has 5 rings (SSSR count). The van der Waals surface area contributed by atoms with Crippen molar-refractivity contribution in [2.75, 3.05) is 13.2 Å². The van der Waals surface area contributed by atoms with Crippen molar-refractivity contribution in [3.05, 3.63) is 0 Å². The second-order valence-corrected chi connectivity index (χ2v) is 9.83. The van der Waals surface area contributed by atoms with E-state index in [1.165, 1.54) is 32.1 Å². The molecule has 1 heterocycles. The summed E-state index contributed by atoms with van der Waals surface area (Å²) in [7, 11) is 0. The van der Waals surface area contributed by atoms with E-state index in [0.717, 1.165) is 50.7 Å². The van der Waals surface area contributed by atoms with Crippen molar-refractivity contribution in [3.63, 3.8) is 0 Å². The maximum absolute atomic E-state index is 12.5. The summed E-state index contributed by atoms with van der Waals surface area (Å²) in [5, 5.41) is 0. The van der Waals surface area contributed by atoms with Crippen LogP contribution in [0.4, 0.5) is 0 Å². The molecule has 2 bridgehead atoms. The molecule has 3 heteroatoms. The number of Topliss-reactive ketones (excluding diaryl/α,β-unsaturated/α-hetero) is 1. The molecular formula is C21H32O3. The van der Waals surface area contributed by atoms with Crippen molar-refractivity contribution in [2.24, 2.45) is 28.6 Å². The predicted molar refractivity (Wildman–Crippen MR) is 91.7 cm³/mol. The Morgan fingerprint density at radius 1 is 0.958 bits per heavy atom. The molecule has 0 aromatic carbocycles. The van der Waals surface area contributed by atoms with E-state index in [1.54, 1.807) is 0 Å². The van der Waals surface area contributed by atoms with Crippen LogP contribution in [0.2, 0.25) is 0 Å². The van der Waals surface area contributed by atoms with Gasteiger partial charge in [-0.2, -0.15) is 0 Å². The van der Waals surface area contributed by atoms with Crippen molar-refractivity contribution in [1.82, 2.24) is 0 Å². The van der Waals surface area contributed by atoms with Crippen molar-refractivity contribution < 1.29 is 14.3 Å². The SMILES string of the molecule is C[C@]12CC[C@H]3[C@@H](CC[C@]45CC(CC[C@]34C)OCCO5)[C@@H]1CCC2=O. The third-order valence-corrected chi connectivity index (χ3v) is 9.25. The Labute approximate surface area is 145 Å². The monoisotopic (exact) mass is 332 g/mol. The fraction of sp³-hybridized carbons (Fsp3) is 0.952. The number of ketones is 1. The van der Waals surface area contributed by atoms with Gasteiger partial charge in [0.2, 0.25) is 0 Å². The number of hydrogen-bond donors (Lipinski definition) is 0. The second kappa shape index (κ2) is 5.07. The van der Waals surface area contributed by atoms with E-state index in [0.29, 0.717) is 17.8 Å². The highest BCUT2D eigenvalue weighted by molar-refractivity contribution is 5.87. The molecule has 1 spiro atoms. The third kappa shape index (κ3) is 1.84. The van der Waals surface area contributed by atoms with Crippen molar-refractivity contribution in [2.45, 2.75) is 83.3 Å². The lowest BCUT2D eigenvalue weighted by molar-refractivity contribution is -0.225. The topological polar surface area (TPSA) is 35.5 Å². The zero-order chi connectivity index (χ0) is 16.6. The van der Waals surface area contributed by atoms with Crippen LogP contribution in [-0.2, 0) is 14.3 Å². The lowest BCUT2D eigenvalue weighted by Gasteiger charge is -2.64. The number of carbonyl (C=O) groups is 1. The van der Waals surface area contributed by atoms with Gasteiger partial charge in [-0.3, -0.25) is 4.79 Å². The summed E-state index contributed by atoms with van der Waals surface area (Å²) >= 11 is 0. The Hall–Kier alpha value is -0.410. The molecule has 0 radical (unpaired) electrons. The van der Waals surface area contributed by atoms with Crippen LogP contribution in [0.1, 0.15) is 71.6 Å². The minimum atomic E-state index is -0.00729. The maximum Gasteiger partial charge on any atom is 0.139 e. The van der Waals surface area contributed by atoms with Crippen LogP contribution in [0.15, 0.2) is 0 Å². The molecule has 4 saturated carbocycles. The fourth-order valence-corrected chi connectivity index (χ4v) is 7.84. The Kier molecular flexibility index (Phi) is 3.34. The zero-order valence-electron chi connectivity index (χ0n) is 15.3. The van der Waals surface area contributed by atoms with Gasteiger partial charge >= 0.3 is 0 Å². The fourth-order valence-electron chi connectivity index (χ4n) is 7.84. The average molecular weight is 332 g/mol. The summed E-state index contributed by atoms with van der Waals surface area (Å²) in [4.78, 5) is 12.5. The van der Waals surface area contributed by atoms with Crippen LogP contribution in [0.5, 0.6) is 0 Å². The highest BCUT2D eigenvalue weighted by Crippen LogP contribution is 2.67. The summed E-state index contributed by atoms with van der Waals surface area (Å²) in [5.74, 6) is 2.68. The normalized spacial score (nSPS) is 56.8. The minimum absolute atomic E-state index is 0.00729. The predicted octanol–water partition coefficient (Wildman–Crippen LogP) is 4.14. The van der Waals surface area contributed by atoms with Crippen LogP contribution in [-0.4, -0.2) is 30.7 Å². The molecule has 0 aromatic heterocycles. The number of ether oxygens (including phenoxy) is 2. The Balaban J connectivity index is 1.51. The molecule has 0 amide bonds. The highest BCUT2D eigenvalue weighted by atomic mass is 16.6. The van der Waals surface area contributed by atoms with Crippen LogP contribution in [0, 0.1) is 28.6 Å². The summed E-state index contributed by atoms with van der Waals surface area (Å²) in [6, 6.07) is 0. The first kappa shape index (κ1) is 15.8. The smallest absolute Gasteiger partial charge is 0.139 e. The Morgan fingerprint density at radius 3 is 2.71 bits per heavy atom. The van der Waals surface area contributed by atoms with Crippen molar-refractivity contribution in [3.8, 4) is 0 Å². The summed E-state index contributed by atoms with van der Waals surface area (Å²) in [5.41, 5.74) is 0.323. The van der Waals surface area contributed by atoms with E-state index < -0.39 is 0 Å². The van der Waals surface area contributed by atoms with Gasteiger partial charge in [-0.05, 0) is 68.1 Å². The maximum atomic E-state index is 12.5. The van der Waals surface area contributed by atoms with E-state index in [4.69, 9.17) is 9.47 Å². The van der Waals surface area contributed by atoms with E-state index in [-0.39, 0.29) is 16.4 Å². The highest BCUT2D eigenvalue weighted by Gasteiger charge is 2.65. The van der Waals surface area contributed by atoms with Gasteiger partial charge in [0.25, 0.3) is 0 Å². The summed E-state index contributed by atoms with van der Waals surface area (Å²) in [6.07, 6.45) is 10.7. The van der Waals surface area contributed by atoms with Crippen molar-refractivity contribution in [1.29, 1.82) is 0 Å². The number of carbonyl (C=O) groups excluding carboxylic acids is 1. The van der Waals surface area contributed by atoms with E-state index in [2.05, 4.69) is 13.8 Å². The molecule has 0 aromatic rings. The molecule has 4 aliphatic carbocycles. The summed E-state index contributed by atoms with van der Waals surface area (Å²) in [6.45, 7) is 6.35. The minimum Gasteiger partial charge on any atom is -0.376 e. The molecule has 1 unspecified atom stereocenters. The Bertz CT molecular complexity index is 559. The van der Waals surface area contributed by atoms with Gasteiger partial charge in [0.05, 0.1) is 24.9 Å². The first-order valence-corrected chi connectivity index (χ1v) is 10.3. The molecule has 7 atom stereocenters. The second-order valence-electron chi connectivity index (χ2n) is 9.83. The van der Waals surface area contributed by atoms with Gasteiger partial charge in [-0.15, -0.1) is 0 Å². The van der Waals surface area contributed by atoms with E-state index >= 15 is 0 Å². The van der Waals surface area contributed by atoms with E-state index in [9.17, 15) is 4.79 Å². The van der Waals surface area contributed by atoms with Gasteiger partial charge in [-0.1, -0.05) is 13.8 Å². The van der Waals surface area contributed by atoms with E-state index in [1.807, 2.05) is 0 Å². The summed E-state index contributed by atoms with van der Waals surface area (Å²) < 4.78 is 12.6. The van der Waals surface area contributed by atoms with Crippen LogP contribution < -0.4 is 0 Å². The van der Waals surface area contributed by atoms with Crippen LogP contribution >= 0.6 is 0 Å². The molecule has 5 fully saturated rings. The molecule has 1 saturated heterocycles. The molecule has 1 aliphatic heterocycles. The zero-order valence-corrected chi connectivity index (χ0v) is 15.3. The lowest BCUT2D eigenvalue weighted by atomic mass is 9.43. The van der Waals surface area contributed by atoms with Gasteiger partial charge in [0.1, 0.15) is 5.78 Å². The average Bonchev–Trinajstić information content (AvgIpc) is 2.77. The first-order valence-electron chi connectivity index (χ1n) is 10.3. The molecular weight excluding hydrogens is 300 g/mol. The number of rotatable bonds is 0. The van der Waals surface area contributed by atoms with Crippen LogP contribution in [0.3, 0.4) is 0 Å².